The molecule has 0 aliphatic carbocycles. The van der Waals surface area contributed by atoms with E-state index in [-0.39, 0.29) is 24.6 Å². The summed E-state index contributed by atoms with van der Waals surface area (Å²) in [5.74, 6) is -1.29. The number of nitrogens with zero attached hydrogens (tertiary/aromatic N) is 1. The molecule has 5 nitrogen and oxygen atoms in total. The molecule has 2 N–H and O–H groups in total. The van der Waals surface area contributed by atoms with E-state index in [4.69, 9.17) is 0 Å². The van der Waals surface area contributed by atoms with Gasteiger partial charge in [-0.15, -0.1) is 0 Å². The van der Waals surface area contributed by atoms with E-state index in [1.807, 2.05) is 97.1 Å². The van der Waals surface area contributed by atoms with Crippen LogP contribution in [0.1, 0.15) is 33.9 Å². The van der Waals surface area contributed by atoms with Crippen molar-refractivity contribution in [3.63, 3.8) is 0 Å². The molecule has 0 saturated heterocycles. The van der Waals surface area contributed by atoms with E-state index in [2.05, 4.69) is 0 Å². The predicted molar refractivity (Wildman–Crippen MR) is 157 cm³/mol. The lowest BCUT2D eigenvalue weighted by molar-refractivity contribution is -0.138. The second kappa shape index (κ2) is 12.1. The third-order valence-electron chi connectivity index (χ3n) is 6.98. The van der Waals surface area contributed by atoms with Crippen LogP contribution in [0.2, 0.25) is 0 Å². The number of carboxylic acid groups (broad SMARTS) is 1. The highest BCUT2D eigenvalue weighted by atomic mass is 16.4. The Morgan fingerprint density at radius 1 is 0.600 bits per heavy atom. The molecule has 1 unspecified atom stereocenters. The normalized spacial score (nSPS) is 11.5. The molecule has 1 atom stereocenters. The van der Waals surface area contributed by atoms with Crippen LogP contribution < -0.4 is 0 Å². The van der Waals surface area contributed by atoms with Gasteiger partial charge in [-0.05, 0) is 46.0 Å². The molecule has 0 aromatic heterocycles. The average molecular weight is 528 g/mol. The maximum absolute atomic E-state index is 14.0. The first-order chi connectivity index (χ1) is 19.5. The third kappa shape index (κ3) is 6.11. The fourth-order valence-corrected chi connectivity index (χ4v) is 4.85. The van der Waals surface area contributed by atoms with Crippen LogP contribution in [-0.2, 0) is 11.3 Å². The molecule has 5 heteroatoms. The van der Waals surface area contributed by atoms with Crippen molar-refractivity contribution in [3.05, 3.63) is 150 Å². The summed E-state index contributed by atoms with van der Waals surface area (Å²) in [7, 11) is 0. The number of amides is 1. The minimum atomic E-state index is -1.02. The van der Waals surface area contributed by atoms with Gasteiger partial charge in [0.1, 0.15) is 5.75 Å². The van der Waals surface area contributed by atoms with Crippen LogP contribution in [0.4, 0.5) is 0 Å². The molecule has 0 aliphatic heterocycles. The summed E-state index contributed by atoms with van der Waals surface area (Å²) < 4.78 is 0. The predicted octanol–water partition coefficient (Wildman–Crippen LogP) is 7.58. The SMILES string of the molecule is O=C(O)CC(c1ccc(-c2ccccc2)cc1)N(Cc1ccccc1O)C(=O)c1ccc(-c2ccccc2)cc1. The van der Waals surface area contributed by atoms with E-state index in [1.165, 1.54) is 4.90 Å². The Balaban J connectivity index is 1.52. The zero-order valence-electron chi connectivity index (χ0n) is 21.9. The lowest BCUT2D eigenvalue weighted by Crippen LogP contribution is -2.35. The van der Waals surface area contributed by atoms with Crippen LogP contribution in [0.5, 0.6) is 5.75 Å². The van der Waals surface area contributed by atoms with Gasteiger partial charge in [-0.25, -0.2) is 0 Å². The Morgan fingerprint density at radius 3 is 1.60 bits per heavy atom. The van der Waals surface area contributed by atoms with Crippen LogP contribution >= 0.6 is 0 Å². The first kappa shape index (κ1) is 26.4. The number of aromatic hydroxyl groups is 1. The molecule has 198 valence electrons. The summed E-state index contributed by atoms with van der Waals surface area (Å²) in [6, 6.07) is 40.8. The fraction of sp³-hybridized carbons (Fsp3) is 0.0857. The molecule has 0 bridgehead atoms. The number of hydrogen-bond donors (Lipinski definition) is 2. The molecule has 5 aromatic rings. The minimum Gasteiger partial charge on any atom is -0.508 e. The quantitative estimate of drug-likeness (QED) is 0.207. The van der Waals surface area contributed by atoms with E-state index in [9.17, 15) is 19.8 Å². The molecule has 0 spiro atoms. The maximum atomic E-state index is 14.0. The van der Waals surface area contributed by atoms with Crippen LogP contribution in [0.3, 0.4) is 0 Å². The molecule has 5 rings (SSSR count). The smallest absolute Gasteiger partial charge is 0.305 e. The second-order valence-electron chi connectivity index (χ2n) is 9.61. The molecule has 0 radical (unpaired) electrons. The van der Waals surface area contributed by atoms with Gasteiger partial charge >= 0.3 is 5.97 Å². The lowest BCUT2D eigenvalue weighted by Gasteiger charge is -2.32. The summed E-state index contributed by atoms with van der Waals surface area (Å²) in [5.41, 5.74) is 5.72. The van der Waals surface area contributed by atoms with E-state index in [0.717, 1.165) is 22.3 Å². The summed E-state index contributed by atoms with van der Waals surface area (Å²) in [4.78, 5) is 27.7. The van der Waals surface area contributed by atoms with Crippen LogP contribution in [0.15, 0.2) is 133 Å². The molecule has 0 heterocycles. The monoisotopic (exact) mass is 527 g/mol. The van der Waals surface area contributed by atoms with Crippen molar-refractivity contribution >= 4 is 11.9 Å². The van der Waals surface area contributed by atoms with Gasteiger partial charge in [0.2, 0.25) is 0 Å². The van der Waals surface area contributed by atoms with Gasteiger partial charge in [0.25, 0.3) is 5.91 Å². The third-order valence-corrected chi connectivity index (χ3v) is 6.98. The Hall–Kier alpha value is -5.16. The number of aliphatic carboxylic acids is 1. The Bertz CT molecular complexity index is 1580. The molecule has 0 aliphatic rings. The molecular formula is C35H29NO4. The van der Waals surface area contributed by atoms with Gasteiger partial charge < -0.3 is 15.1 Å². The van der Waals surface area contributed by atoms with Crippen LogP contribution in [-0.4, -0.2) is 27.0 Å². The maximum Gasteiger partial charge on any atom is 0.305 e. The standard InChI is InChI=1S/C35H29NO4/c37-33-14-8-7-13-31(33)24-36(35(40)30-21-17-28(18-22-30)26-11-5-2-6-12-26)32(23-34(38)39)29-19-15-27(16-20-29)25-9-3-1-4-10-25/h1-22,32,37H,23-24H2,(H,38,39). The number of carbonyl (C=O) groups is 2. The van der Waals surface area contributed by atoms with Crippen molar-refractivity contribution in [2.75, 3.05) is 0 Å². The first-order valence-corrected chi connectivity index (χ1v) is 13.1. The number of phenols is 1. The highest BCUT2D eigenvalue weighted by Gasteiger charge is 2.29. The van der Waals surface area contributed by atoms with Crippen LogP contribution in [0, 0.1) is 0 Å². The highest BCUT2D eigenvalue weighted by Crippen LogP contribution is 2.32. The number of hydrogen-bond acceptors (Lipinski definition) is 3. The van der Waals surface area contributed by atoms with Gasteiger partial charge in [0.05, 0.1) is 19.0 Å². The molecule has 1 amide bonds. The van der Waals surface area contributed by atoms with Gasteiger partial charge in [-0.2, -0.15) is 0 Å². The molecular weight excluding hydrogens is 498 g/mol. The first-order valence-electron chi connectivity index (χ1n) is 13.1. The number of carboxylic acids is 1. The molecule has 0 fully saturated rings. The van der Waals surface area contributed by atoms with Crippen molar-refractivity contribution in [3.8, 4) is 28.0 Å². The lowest BCUT2D eigenvalue weighted by atomic mass is 9.96. The number of phenolic OH excluding ortho intramolecular Hbond substituents is 1. The van der Waals surface area contributed by atoms with Crippen molar-refractivity contribution in [2.24, 2.45) is 0 Å². The number of para-hydroxylation sites is 1. The van der Waals surface area contributed by atoms with E-state index >= 15 is 0 Å². The topological polar surface area (TPSA) is 77.8 Å². The molecule has 0 saturated carbocycles. The Kier molecular flexibility index (Phi) is 8.02. The van der Waals surface area contributed by atoms with Crippen LogP contribution in [0.25, 0.3) is 22.3 Å². The number of rotatable bonds is 9. The minimum absolute atomic E-state index is 0.0460. The summed E-state index contributed by atoms with van der Waals surface area (Å²) >= 11 is 0. The van der Waals surface area contributed by atoms with Crippen molar-refractivity contribution in [1.82, 2.24) is 4.90 Å². The van der Waals surface area contributed by atoms with E-state index < -0.39 is 12.0 Å². The zero-order chi connectivity index (χ0) is 27.9. The van der Waals surface area contributed by atoms with Crippen molar-refractivity contribution in [2.45, 2.75) is 19.0 Å². The molecule has 5 aromatic carbocycles. The van der Waals surface area contributed by atoms with Crippen molar-refractivity contribution in [1.29, 1.82) is 0 Å². The fourth-order valence-electron chi connectivity index (χ4n) is 4.85. The largest absolute Gasteiger partial charge is 0.508 e. The van der Waals surface area contributed by atoms with Gasteiger partial charge in [-0.1, -0.05) is 115 Å². The van der Waals surface area contributed by atoms with Gasteiger partial charge in [0.15, 0.2) is 0 Å². The average Bonchev–Trinajstić information content (AvgIpc) is 3.00. The number of benzene rings is 5. The van der Waals surface area contributed by atoms with E-state index in [0.29, 0.717) is 16.7 Å². The number of carbonyl (C=O) groups excluding carboxylic acids is 1. The highest BCUT2D eigenvalue weighted by molar-refractivity contribution is 5.95. The van der Waals surface area contributed by atoms with E-state index in [1.54, 1.807) is 36.4 Å². The van der Waals surface area contributed by atoms with Gasteiger partial charge in [-0.3, -0.25) is 9.59 Å². The summed E-state index contributed by atoms with van der Waals surface area (Å²) in [6.45, 7) is 0.0460. The Labute approximate surface area is 233 Å². The van der Waals surface area contributed by atoms with Crippen molar-refractivity contribution < 1.29 is 19.8 Å². The summed E-state index contributed by atoms with van der Waals surface area (Å²) in [6.07, 6.45) is -0.286. The zero-order valence-corrected chi connectivity index (χ0v) is 21.9. The Morgan fingerprint density at radius 2 is 1.07 bits per heavy atom. The molecule has 40 heavy (non-hydrogen) atoms. The summed E-state index contributed by atoms with van der Waals surface area (Å²) in [5, 5.41) is 20.4. The second-order valence-corrected chi connectivity index (χ2v) is 9.61. The van der Waals surface area contributed by atoms with Gasteiger partial charge in [0, 0.05) is 11.1 Å².